The summed E-state index contributed by atoms with van der Waals surface area (Å²) in [4.78, 5) is 11.5. The summed E-state index contributed by atoms with van der Waals surface area (Å²) >= 11 is 0. The summed E-state index contributed by atoms with van der Waals surface area (Å²) in [6.07, 6.45) is 5.43. The van der Waals surface area contributed by atoms with Crippen molar-refractivity contribution in [2.75, 3.05) is 0 Å². The van der Waals surface area contributed by atoms with E-state index in [-0.39, 0.29) is 17.7 Å². The number of ketones is 1. The molecule has 3 heteroatoms. The number of aliphatic hydroxyl groups excluding tert-OH is 1. The molecule has 16 heavy (non-hydrogen) atoms. The van der Waals surface area contributed by atoms with Crippen LogP contribution in [0.25, 0.3) is 0 Å². The van der Waals surface area contributed by atoms with Gasteiger partial charge in [0.05, 0.1) is 6.10 Å². The van der Waals surface area contributed by atoms with Gasteiger partial charge in [0.25, 0.3) is 0 Å². The van der Waals surface area contributed by atoms with Gasteiger partial charge in [-0.2, -0.15) is 0 Å². The number of aliphatic hydroxyl groups is 1. The predicted octanol–water partition coefficient (Wildman–Crippen LogP) is 1.87. The molecule has 3 nitrogen and oxygen atoms in total. The monoisotopic (exact) mass is 227 g/mol. The number of nitrogens with two attached hydrogens (primary N) is 1. The van der Waals surface area contributed by atoms with Crippen molar-refractivity contribution in [2.45, 2.75) is 64.5 Å². The Kier molecular flexibility index (Phi) is 5.42. The molecule has 3 N–H and O–H groups in total. The third-order valence-corrected chi connectivity index (χ3v) is 3.94. The van der Waals surface area contributed by atoms with Crippen LogP contribution in [0.5, 0.6) is 0 Å². The summed E-state index contributed by atoms with van der Waals surface area (Å²) in [5, 5.41) is 9.93. The lowest BCUT2D eigenvalue weighted by Crippen LogP contribution is -2.38. The maximum absolute atomic E-state index is 11.5. The normalized spacial score (nSPS) is 29.8. The molecule has 0 aromatic heterocycles. The van der Waals surface area contributed by atoms with Crippen LogP contribution in [0.1, 0.15) is 52.4 Å². The highest BCUT2D eigenvalue weighted by atomic mass is 16.3. The van der Waals surface area contributed by atoms with Gasteiger partial charge in [0.1, 0.15) is 5.78 Å². The average Bonchev–Trinajstić information content (AvgIpc) is 2.28. The Morgan fingerprint density at radius 3 is 2.62 bits per heavy atom. The van der Waals surface area contributed by atoms with Gasteiger partial charge in [-0.15, -0.1) is 0 Å². The minimum absolute atomic E-state index is 0.144. The van der Waals surface area contributed by atoms with E-state index in [1.54, 1.807) is 6.92 Å². The molecule has 1 aliphatic carbocycles. The van der Waals surface area contributed by atoms with E-state index in [4.69, 9.17) is 5.73 Å². The standard InChI is InChI=1S/C13H25NO2/c1-3-12(14)13(16)8-10-6-4-5-7-11(10)9(2)15/h10-13,16H,3-8,14H2,1-2H3/t10?,11?,12-,13+/m0/s1. The summed E-state index contributed by atoms with van der Waals surface area (Å²) in [6.45, 7) is 3.66. The molecule has 0 radical (unpaired) electrons. The van der Waals surface area contributed by atoms with Crippen molar-refractivity contribution in [3.63, 3.8) is 0 Å². The van der Waals surface area contributed by atoms with Crippen LogP contribution in [0.2, 0.25) is 0 Å². The largest absolute Gasteiger partial charge is 0.392 e. The van der Waals surface area contributed by atoms with Gasteiger partial charge in [0.15, 0.2) is 0 Å². The molecule has 0 amide bonds. The SMILES string of the molecule is CC[C@H](N)[C@H](O)CC1CCCCC1C(C)=O. The zero-order valence-electron chi connectivity index (χ0n) is 10.5. The number of carbonyl (C=O) groups excluding carboxylic acids is 1. The third-order valence-electron chi connectivity index (χ3n) is 3.94. The van der Waals surface area contributed by atoms with Crippen LogP contribution in [0.4, 0.5) is 0 Å². The Hall–Kier alpha value is -0.410. The summed E-state index contributed by atoms with van der Waals surface area (Å²) in [5.74, 6) is 0.785. The van der Waals surface area contributed by atoms with Gasteiger partial charge < -0.3 is 10.8 Å². The Morgan fingerprint density at radius 1 is 1.44 bits per heavy atom. The number of rotatable bonds is 5. The van der Waals surface area contributed by atoms with Gasteiger partial charge in [0.2, 0.25) is 0 Å². The van der Waals surface area contributed by atoms with Crippen LogP contribution in [-0.2, 0) is 4.79 Å². The number of carbonyl (C=O) groups is 1. The van der Waals surface area contributed by atoms with Crippen molar-refractivity contribution < 1.29 is 9.90 Å². The summed E-state index contributed by atoms with van der Waals surface area (Å²) in [5.41, 5.74) is 5.82. The predicted molar refractivity (Wildman–Crippen MR) is 65.0 cm³/mol. The summed E-state index contributed by atoms with van der Waals surface area (Å²) in [7, 11) is 0. The first kappa shape index (κ1) is 13.7. The van der Waals surface area contributed by atoms with Crippen molar-refractivity contribution in [3.05, 3.63) is 0 Å². The van der Waals surface area contributed by atoms with Gasteiger partial charge in [-0.3, -0.25) is 4.79 Å². The number of hydrogen-bond acceptors (Lipinski definition) is 3. The van der Waals surface area contributed by atoms with Crippen molar-refractivity contribution >= 4 is 5.78 Å². The second-order valence-corrected chi connectivity index (χ2v) is 5.14. The average molecular weight is 227 g/mol. The highest BCUT2D eigenvalue weighted by molar-refractivity contribution is 5.78. The Morgan fingerprint density at radius 2 is 2.06 bits per heavy atom. The van der Waals surface area contributed by atoms with Gasteiger partial charge in [0, 0.05) is 12.0 Å². The maximum atomic E-state index is 11.5. The van der Waals surface area contributed by atoms with Gasteiger partial charge in [-0.1, -0.05) is 19.8 Å². The van der Waals surface area contributed by atoms with Crippen LogP contribution in [0.3, 0.4) is 0 Å². The molecule has 4 atom stereocenters. The smallest absolute Gasteiger partial charge is 0.133 e. The highest BCUT2D eigenvalue weighted by Crippen LogP contribution is 2.34. The summed E-state index contributed by atoms with van der Waals surface area (Å²) in [6, 6.07) is -0.144. The fourth-order valence-corrected chi connectivity index (χ4v) is 2.78. The molecule has 1 aliphatic rings. The van der Waals surface area contributed by atoms with Crippen LogP contribution in [-0.4, -0.2) is 23.0 Å². The van der Waals surface area contributed by atoms with E-state index < -0.39 is 6.10 Å². The molecule has 0 bridgehead atoms. The molecule has 0 heterocycles. The molecule has 0 spiro atoms. The molecule has 1 saturated carbocycles. The molecule has 0 aliphatic heterocycles. The lowest BCUT2D eigenvalue weighted by molar-refractivity contribution is -0.123. The Labute approximate surface area is 98.4 Å². The molecule has 0 aromatic rings. The Bertz CT molecular complexity index is 230. The van der Waals surface area contributed by atoms with E-state index in [0.29, 0.717) is 12.3 Å². The maximum Gasteiger partial charge on any atom is 0.133 e. The molecule has 1 fully saturated rings. The van der Waals surface area contributed by atoms with Crippen molar-refractivity contribution in [2.24, 2.45) is 17.6 Å². The van der Waals surface area contributed by atoms with Crippen LogP contribution < -0.4 is 5.73 Å². The highest BCUT2D eigenvalue weighted by Gasteiger charge is 2.31. The number of hydrogen-bond donors (Lipinski definition) is 2. The van der Waals surface area contributed by atoms with Crippen LogP contribution in [0, 0.1) is 11.8 Å². The van der Waals surface area contributed by atoms with Gasteiger partial charge in [-0.25, -0.2) is 0 Å². The Balaban J connectivity index is 2.52. The van der Waals surface area contributed by atoms with Crippen molar-refractivity contribution in [1.29, 1.82) is 0 Å². The van der Waals surface area contributed by atoms with E-state index in [1.165, 1.54) is 6.42 Å². The van der Waals surface area contributed by atoms with E-state index in [1.807, 2.05) is 6.92 Å². The number of Topliss-reactive ketones (excluding diaryl/α,β-unsaturated/α-hetero) is 1. The topological polar surface area (TPSA) is 63.3 Å². The lowest BCUT2D eigenvalue weighted by Gasteiger charge is -2.32. The fourth-order valence-electron chi connectivity index (χ4n) is 2.78. The molecular weight excluding hydrogens is 202 g/mol. The minimum atomic E-state index is -0.449. The van der Waals surface area contributed by atoms with Crippen molar-refractivity contribution in [3.8, 4) is 0 Å². The van der Waals surface area contributed by atoms with Gasteiger partial charge >= 0.3 is 0 Å². The van der Waals surface area contributed by atoms with Crippen LogP contribution in [0.15, 0.2) is 0 Å². The zero-order valence-corrected chi connectivity index (χ0v) is 10.5. The first-order chi connectivity index (χ1) is 7.56. The fraction of sp³-hybridized carbons (Fsp3) is 0.923. The van der Waals surface area contributed by atoms with Crippen LogP contribution >= 0.6 is 0 Å². The molecule has 94 valence electrons. The van der Waals surface area contributed by atoms with E-state index in [2.05, 4.69) is 0 Å². The molecule has 0 saturated heterocycles. The van der Waals surface area contributed by atoms with E-state index >= 15 is 0 Å². The minimum Gasteiger partial charge on any atom is -0.392 e. The van der Waals surface area contributed by atoms with E-state index in [9.17, 15) is 9.90 Å². The van der Waals surface area contributed by atoms with Gasteiger partial charge in [-0.05, 0) is 38.5 Å². The third kappa shape index (κ3) is 3.56. The molecular formula is C13H25NO2. The molecule has 2 unspecified atom stereocenters. The first-order valence-corrected chi connectivity index (χ1v) is 6.50. The van der Waals surface area contributed by atoms with E-state index in [0.717, 1.165) is 25.7 Å². The lowest BCUT2D eigenvalue weighted by atomic mass is 9.74. The molecule has 1 rings (SSSR count). The second kappa shape index (κ2) is 6.36. The quantitative estimate of drug-likeness (QED) is 0.753. The van der Waals surface area contributed by atoms with Crippen molar-refractivity contribution in [1.82, 2.24) is 0 Å². The summed E-state index contributed by atoms with van der Waals surface area (Å²) < 4.78 is 0. The first-order valence-electron chi connectivity index (χ1n) is 6.50. The second-order valence-electron chi connectivity index (χ2n) is 5.14. The zero-order chi connectivity index (χ0) is 12.1. The molecule has 0 aromatic carbocycles.